The number of carboxylic acids is 1. The largest absolute Gasteiger partial charge is 0.477 e. The number of aromatic nitrogens is 1. The van der Waals surface area contributed by atoms with Crippen molar-refractivity contribution in [3.8, 4) is 0 Å². The minimum absolute atomic E-state index is 0.0394. The summed E-state index contributed by atoms with van der Waals surface area (Å²) in [5, 5.41) is 15.2. The van der Waals surface area contributed by atoms with E-state index in [4.69, 9.17) is 26.9 Å². The number of halogens is 1. The molecule has 12 nitrogen and oxygen atoms in total. The van der Waals surface area contributed by atoms with Gasteiger partial charge in [0, 0.05) is 5.75 Å². The molecule has 2 amide bonds. The molecule has 2 atom stereocenters. The monoisotopic (exact) mass is 543 g/mol. The number of esters is 1. The zero-order chi connectivity index (χ0) is 26.1. The number of fused-ring (bicyclic) bond motifs is 1. The van der Waals surface area contributed by atoms with Crippen LogP contribution in [0.1, 0.15) is 26.5 Å². The first-order valence-corrected chi connectivity index (χ1v) is 12.3. The van der Waals surface area contributed by atoms with Crippen molar-refractivity contribution in [1.29, 1.82) is 0 Å². The van der Waals surface area contributed by atoms with Gasteiger partial charge in [0.1, 0.15) is 32.7 Å². The Bertz CT molecular complexity index is 1160. The van der Waals surface area contributed by atoms with E-state index in [1.807, 2.05) is 0 Å². The van der Waals surface area contributed by atoms with Crippen molar-refractivity contribution >= 4 is 69.3 Å². The Morgan fingerprint density at radius 1 is 1.43 bits per heavy atom. The van der Waals surface area contributed by atoms with Gasteiger partial charge in [0.15, 0.2) is 10.8 Å². The molecule has 1 aromatic heterocycles. The van der Waals surface area contributed by atoms with Gasteiger partial charge in [0.05, 0.1) is 0 Å². The predicted octanol–water partition coefficient (Wildman–Crippen LogP) is 1.37. The Labute approximate surface area is 213 Å². The molecular weight excluding hydrogens is 522 g/mol. The standard InChI is InChI=1S/C20H22ClN5O7S2/c1-5-8-7-34-17-12(16(29)26(17)13(8)18(30)31)23-15(28)11(10-14(21)35-19(22)24-10)25-32-6-9(27)33-20(2,3)4/h5,12,17H,1,6-7H2,2-4H3,(H2,22,24)(H,23,28)(H,30,31)/b25-11+/t12?,17-/m1/s1. The lowest BCUT2D eigenvalue weighted by molar-refractivity contribution is -0.160. The average molecular weight is 544 g/mol. The fourth-order valence-electron chi connectivity index (χ4n) is 3.19. The zero-order valence-electron chi connectivity index (χ0n) is 18.9. The Balaban J connectivity index is 1.79. The van der Waals surface area contributed by atoms with Crippen molar-refractivity contribution in [2.45, 2.75) is 37.8 Å². The number of carbonyl (C=O) groups excluding carboxylic acids is 3. The molecule has 0 radical (unpaired) electrons. The van der Waals surface area contributed by atoms with Gasteiger partial charge in [0.2, 0.25) is 6.61 Å². The van der Waals surface area contributed by atoms with E-state index in [0.717, 1.165) is 16.2 Å². The second kappa shape index (κ2) is 10.3. The highest BCUT2D eigenvalue weighted by Gasteiger charge is 2.54. The Kier molecular flexibility index (Phi) is 7.77. The molecule has 2 aliphatic rings. The van der Waals surface area contributed by atoms with Gasteiger partial charge < -0.3 is 25.7 Å². The molecule has 0 aliphatic carbocycles. The van der Waals surface area contributed by atoms with E-state index in [1.165, 1.54) is 17.8 Å². The maximum atomic E-state index is 13.1. The number of β-lactam (4-membered cyclic amide) rings is 1. The number of nitrogen functional groups attached to an aromatic ring is 1. The van der Waals surface area contributed by atoms with Crippen LogP contribution in [-0.4, -0.2) is 73.8 Å². The summed E-state index contributed by atoms with van der Waals surface area (Å²) < 4.78 is 5.16. The summed E-state index contributed by atoms with van der Waals surface area (Å²) in [5.41, 5.74) is 4.63. The Morgan fingerprint density at radius 3 is 2.66 bits per heavy atom. The van der Waals surface area contributed by atoms with Crippen molar-refractivity contribution in [3.63, 3.8) is 0 Å². The quantitative estimate of drug-likeness (QED) is 0.188. The lowest BCUT2D eigenvalue weighted by atomic mass is 10.0. The molecule has 4 N–H and O–H groups in total. The second-order valence-electron chi connectivity index (χ2n) is 8.22. The van der Waals surface area contributed by atoms with Crippen LogP contribution in [0.3, 0.4) is 0 Å². The number of carbonyl (C=O) groups is 4. The van der Waals surface area contributed by atoms with Crippen LogP contribution in [0.15, 0.2) is 29.1 Å². The maximum Gasteiger partial charge on any atom is 0.352 e. The van der Waals surface area contributed by atoms with E-state index >= 15 is 0 Å². The fraction of sp³-hybridized carbons (Fsp3) is 0.400. The maximum absolute atomic E-state index is 13.1. The molecule has 1 fully saturated rings. The molecular formula is C20H22ClN5O7S2. The van der Waals surface area contributed by atoms with E-state index < -0.39 is 53.1 Å². The van der Waals surface area contributed by atoms with E-state index in [2.05, 4.69) is 22.0 Å². The lowest BCUT2D eigenvalue weighted by Crippen LogP contribution is -2.71. The first kappa shape index (κ1) is 26.5. The number of oxime groups is 1. The van der Waals surface area contributed by atoms with Gasteiger partial charge in [-0.15, -0.1) is 11.8 Å². The van der Waals surface area contributed by atoms with Gasteiger partial charge in [-0.25, -0.2) is 14.6 Å². The molecule has 1 saturated heterocycles. The van der Waals surface area contributed by atoms with Gasteiger partial charge in [-0.05, 0) is 26.3 Å². The number of aliphatic carboxylic acids is 1. The number of anilines is 1. The summed E-state index contributed by atoms with van der Waals surface area (Å²) in [5.74, 6) is -3.20. The molecule has 3 heterocycles. The third kappa shape index (κ3) is 5.77. The summed E-state index contributed by atoms with van der Waals surface area (Å²) in [6, 6.07) is -1.04. The molecule has 1 aromatic rings. The smallest absolute Gasteiger partial charge is 0.352 e. The molecule has 1 unspecified atom stereocenters. The number of nitrogens with zero attached hydrogens (tertiary/aromatic N) is 3. The van der Waals surface area contributed by atoms with E-state index in [9.17, 15) is 24.3 Å². The SMILES string of the molecule is C=CC1=C(C(=O)O)N2C(=O)C(NC(=O)/C(=N/OCC(=O)OC(C)(C)C)c3nc(N)sc3Cl)[C@H]2SC1. The van der Waals surface area contributed by atoms with Crippen molar-refractivity contribution < 1.29 is 33.9 Å². The molecule has 0 bridgehead atoms. The van der Waals surface area contributed by atoms with Crippen LogP contribution in [-0.2, 0) is 28.8 Å². The first-order valence-electron chi connectivity index (χ1n) is 10.0. The van der Waals surface area contributed by atoms with Crippen molar-refractivity contribution in [3.05, 3.63) is 34.0 Å². The number of rotatable bonds is 8. The number of carboxylic acid groups (broad SMARTS) is 1. The number of thiazole rings is 1. The van der Waals surface area contributed by atoms with Crippen LogP contribution in [0.2, 0.25) is 4.34 Å². The topological polar surface area (TPSA) is 174 Å². The second-order valence-corrected chi connectivity index (χ2v) is 11.0. The number of amides is 2. The molecule has 0 spiro atoms. The number of nitrogens with one attached hydrogen (secondary N) is 1. The minimum atomic E-state index is -1.27. The van der Waals surface area contributed by atoms with Crippen LogP contribution in [0.4, 0.5) is 5.13 Å². The highest BCUT2D eigenvalue weighted by atomic mass is 35.5. The molecule has 35 heavy (non-hydrogen) atoms. The number of hydrogen-bond acceptors (Lipinski definition) is 11. The molecule has 188 valence electrons. The Morgan fingerprint density at radius 2 is 2.11 bits per heavy atom. The van der Waals surface area contributed by atoms with Gasteiger partial charge in [-0.1, -0.05) is 40.7 Å². The van der Waals surface area contributed by atoms with Gasteiger partial charge in [-0.2, -0.15) is 0 Å². The number of allylic oxidation sites excluding steroid dienone is 1. The number of ether oxygens (including phenoxy) is 1. The van der Waals surface area contributed by atoms with Crippen LogP contribution >= 0.6 is 34.7 Å². The van der Waals surface area contributed by atoms with E-state index in [0.29, 0.717) is 11.3 Å². The molecule has 15 heteroatoms. The van der Waals surface area contributed by atoms with Crippen LogP contribution in [0.25, 0.3) is 0 Å². The van der Waals surface area contributed by atoms with Crippen LogP contribution in [0.5, 0.6) is 0 Å². The number of nitrogens with two attached hydrogens (primary N) is 1. The molecule has 0 aromatic carbocycles. The Hall–Kier alpha value is -3.10. The van der Waals surface area contributed by atoms with Crippen molar-refractivity contribution in [2.24, 2.45) is 5.16 Å². The lowest BCUT2D eigenvalue weighted by Gasteiger charge is -2.49. The predicted molar refractivity (Wildman–Crippen MR) is 130 cm³/mol. The summed E-state index contributed by atoms with van der Waals surface area (Å²) in [7, 11) is 0. The van der Waals surface area contributed by atoms with Gasteiger partial charge in [-0.3, -0.25) is 14.5 Å². The third-order valence-corrected chi connectivity index (χ3v) is 6.92. The first-order chi connectivity index (χ1) is 16.3. The highest BCUT2D eigenvalue weighted by Crippen LogP contribution is 2.40. The fourth-order valence-corrected chi connectivity index (χ4v) is 5.45. The summed E-state index contributed by atoms with van der Waals surface area (Å²) in [6.45, 7) is 8.02. The van der Waals surface area contributed by atoms with Gasteiger partial charge in [0.25, 0.3) is 11.8 Å². The highest BCUT2D eigenvalue weighted by molar-refractivity contribution is 8.00. The van der Waals surface area contributed by atoms with Crippen molar-refractivity contribution in [1.82, 2.24) is 15.2 Å². The van der Waals surface area contributed by atoms with Crippen LogP contribution < -0.4 is 11.1 Å². The number of thioether (sulfide) groups is 1. The summed E-state index contributed by atoms with van der Waals surface area (Å²) in [6.07, 6.45) is 1.38. The van der Waals surface area contributed by atoms with Crippen molar-refractivity contribution in [2.75, 3.05) is 18.1 Å². The zero-order valence-corrected chi connectivity index (χ0v) is 21.3. The molecule has 0 saturated carbocycles. The average Bonchev–Trinajstić information content (AvgIpc) is 3.09. The van der Waals surface area contributed by atoms with Crippen LogP contribution in [0, 0.1) is 0 Å². The van der Waals surface area contributed by atoms with E-state index in [-0.39, 0.29) is 20.9 Å². The molecule has 2 aliphatic heterocycles. The normalized spacial score (nSPS) is 20.1. The third-order valence-electron chi connectivity index (χ3n) is 4.53. The summed E-state index contributed by atoms with van der Waals surface area (Å²) in [4.78, 5) is 59.5. The van der Waals surface area contributed by atoms with Gasteiger partial charge >= 0.3 is 11.9 Å². The number of hydrogen-bond donors (Lipinski definition) is 3. The minimum Gasteiger partial charge on any atom is -0.477 e. The summed E-state index contributed by atoms with van der Waals surface area (Å²) >= 11 is 8.29. The van der Waals surface area contributed by atoms with E-state index in [1.54, 1.807) is 20.8 Å². The molecule has 3 rings (SSSR count).